The van der Waals surface area contributed by atoms with E-state index in [0.29, 0.717) is 0 Å². The zero-order valence-corrected chi connectivity index (χ0v) is 35.2. The molecule has 0 radical (unpaired) electrons. The molecule has 0 fully saturated rings. The van der Waals surface area contributed by atoms with E-state index in [1.165, 1.54) is 80.9 Å². The van der Waals surface area contributed by atoms with Gasteiger partial charge in [-0.1, -0.05) is 188 Å². The predicted octanol–water partition coefficient (Wildman–Crippen LogP) is 17.3. The van der Waals surface area contributed by atoms with Crippen LogP contribution in [0.4, 0.5) is 17.1 Å². The fourth-order valence-corrected chi connectivity index (χ4v) is 10.8. The summed E-state index contributed by atoms with van der Waals surface area (Å²) in [7, 11) is 0. The Bertz CT molecular complexity index is 3620. The van der Waals surface area contributed by atoms with Crippen LogP contribution in [-0.2, 0) is 0 Å². The summed E-state index contributed by atoms with van der Waals surface area (Å²) in [6.45, 7) is 0. The van der Waals surface area contributed by atoms with Crippen LogP contribution in [0.2, 0.25) is 0 Å². The van der Waals surface area contributed by atoms with Crippen LogP contribution >= 0.6 is 11.3 Å². The Hall–Kier alpha value is -7.98. The molecule has 0 spiro atoms. The quantitative estimate of drug-likeness (QED) is 0.148. The summed E-state index contributed by atoms with van der Waals surface area (Å²) in [5.41, 5.74) is 16.5. The Balaban J connectivity index is 1.04. The van der Waals surface area contributed by atoms with Gasteiger partial charge in [0.05, 0.1) is 27.1 Å². The molecule has 12 rings (SSSR count). The minimum Gasteiger partial charge on any atom is -0.309 e. The van der Waals surface area contributed by atoms with Gasteiger partial charge in [0.1, 0.15) is 0 Å². The zero-order valence-electron chi connectivity index (χ0n) is 34.4. The van der Waals surface area contributed by atoms with Gasteiger partial charge in [-0.25, -0.2) is 0 Å². The molecule has 0 N–H and O–H groups in total. The van der Waals surface area contributed by atoms with Gasteiger partial charge < -0.3 is 9.47 Å². The summed E-state index contributed by atoms with van der Waals surface area (Å²) in [6.07, 6.45) is 0. The second-order valence-corrected chi connectivity index (χ2v) is 17.1. The molecule has 63 heavy (non-hydrogen) atoms. The van der Waals surface area contributed by atoms with E-state index in [1.54, 1.807) is 0 Å². The summed E-state index contributed by atoms with van der Waals surface area (Å²) < 4.78 is 4.94. The van der Waals surface area contributed by atoms with Crippen molar-refractivity contribution in [3.63, 3.8) is 0 Å². The Morgan fingerprint density at radius 1 is 0.317 bits per heavy atom. The molecule has 0 unspecified atom stereocenters. The third-order valence-corrected chi connectivity index (χ3v) is 13.6. The first kappa shape index (κ1) is 36.8. The van der Waals surface area contributed by atoms with Crippen molar-refractivity contribution in [1.82, 2.24) is 4.57 Å². The fraction of sp³-hybridized carbons (Fsp3) is 0. The first-order valence-electron chi connectivity index (χ1n) is 21.5. The molecule has 12 aromatic rings. The molecule has 10 aromatic carbocycles. The van der Waals surface area contributed by atoms with Crippen LogP contribution in [0.3, 0.4) is 0 Å². The molecule has 0 atom stereocenters. The average Bonchev–Trinajstić information content (AvgIpc) is 3.91. The maximum absolute atomic E-state index is 2.48. The van der Waals surface area contributed by atoms with E-state index in [2.05, 4.69) is 252 Å². The van der Waals surface area contributed by atoms with Gasteiger partial charge in [0.15, 0.2) is 0 Å². The third kappa shape index (κ3) is 6.33. The minimum absolute atomic E-state index is 1.10. The van der Waals surface area contributed by atoms with E-state index in [0.717, 1.165) is 28.3 Å². The van der Waals surface area contributed by atoms with Crippen LogP contribution < -0.4 is 4.90 Å². The smallest absolute Gasteiger partial charge is 0.0640 e. The summed E-state index contributed by atoms with van der Waals surface area (Å²) >= 11 is 1.87. The maximum atomic E-state index is 2.48. The molecule has 0 bridgehead atoms. The van der Waals surface area contributed by atoms with Gasteiger partial charge in [-0.2, -0.15) is 0 Å². The molecular weight excluding hydrogens is 781 g/mol. The molecule has 0 aliphatic carbocycles. The highest BCUT2D eigenvalue weighted by Crippen LogP contribution is 2.49. The monoisotopic (exact) mass is 820 g/mol. The number of anilines is 3. The number of hydrogen-bond acceptors (Lipinski definition) is 2. The third-order valence-electron chi connectivity index (χ3n) is 12.4. The van der Waals surface area contributed by atoms with Gasteiger partial charge in [0, 0.05) is 43.2 Å². The molecule has 296 valence electrons. The molecule has 2 heterocycles. The second-order valence-electron chi connectivity index (χ2n) is 16.0. The van der Waals surface area contributed by atoms with Gasteiger partial charge in [0.25, 0.3) is 0 Å². The molecule has 2 aromatic heterocycles. The van der Waals surface area contributed by atoms with Crippen LogP contribution in [0.15, 0.2) is 243 Å². The molecule has 0 aliphatic rings. The molecule has 2 nitrogen and oxygen atoms in total. The second kappa shape index (κ2) is 15.5. The zero-order chi connectivity index (χ0) is 41.7. The molecule has 0 saturated heterocycles. The fourth-order valence-electron chi connectivity index (χ4n) is 9.56. The average molecular weight is 821 g/mol. The van der Waals surface area contributed by atoms with E-state index in [4.69, 9.17) is 0 Å². The summed E-state index contributed by atoms with van der Waals surface area (Å²) in [5.74, 6) is 0. The Labute approximate surface area is 370 Å². The molecular formula is C60H40N2S. The number of fused-ring (bicyclic) bond motifs is 6. The predicted molar refractivity (Wildman–Crippen MR) is 270 cm³/mol. The Morgan fingerprint density at radius 3 is 1.63 bits per heavy atom. The van der Waals surface area contributed by atoms with Crippen LogP contribution in [0, 0.1) is 0 Å². The number of hydrogen-bond donors (Lipinski definition) is 0. The highest BCUT2D eigenvalue weighted by molar-refractivity contribution is 7.26. The topological polar surface area (TPSA) is 8.17 Å². The van der Waals surface area contributed by atoms with E-state index in [9.17, 15) is 0 Å². The van der Waals surface area contributed by atoms with E-state index in [-0.39, 0.29) is 0 Å². The SMILES string of the molecule is c1ccc(-c2ccccc2-c2ccccc2-c2ccccc2N(c2ccc(-c3ccc4c5ccccc5n(-c5ccccc5)c4c3)cc2)c2cccc3c2sc2ccccc23)cc1. The highest BCUT2D eigenvalue weighted by atomic mass is 32.1. The Morgan fingerprint density at radius 2 is 0.857 bits per heavy atom. The van der Waals surface area contributed by atoms with Crippen molar-refractivity contribution in [3.05, 3.63) is 243 Å². The van der Waals surface area contributed by atoms with Crippen molar-refractivity contribution in [1.29, 1.82) is 0 Å². The first-order chi connectivity index (χ1) is 31.3. The van der Waals surface area contributed by atoms with Crippen LogP contribution in [-0.4, -0.2) is 4.57 Å². The van der Waals surface area contributed by atoms with Gasteiger partial charge in [-0.05, 0) is 93.5 Å². The lowest BCUT2D eigenvalue weighted by molar-refractivity contribution is 1.18. The normalized spacial score (nSPS) is 11.5. The summed E-state index contributed by atoms with van der Waals surface area (Å²) in [5, 5.41) is 5.06. The lowest BCUT2D eigenvalue weighted by atomic mass is 9.88. The van der Waals surface area contributed by atoms with Crippen molar-refractivity contribution in [2.75, 3.05) is 4.90 Å². The summed E-state index contributed by atoms with van der Waals surface area (Å²) in [4.78, 5) is 2.48. The van der Waals surface area contributed by atoms with Crippen LogP contribution in [0.5, 0.6) is 0 Å². The lowest BCUT2D eigenvalue weighted by Crippen LogP contribution is -2.11. The lowest BCUT2D eigenvalue weighted by Gasteiger charge is -2.29. The number of rotatable bonds is 8. The van der Waals surface area contributed by atoms with E-state index in [1.807, 2.05) is 11.3 Å². The number of thiophene rings is 1. The number of aromatic nitrogens is 1. The van der Waals surface area contributed by atoms with Gasteiger partial charge in [-0.3, -0.25) is 0 Å². The maximum Gasteiger partial charge on any atom is 0.0640 e. The molecule has 0 aliphatic heterocycles. The molecule has 3 heteroatoms. The van der Waals surface area contributed by atoms with Gasteiger partial charge in [-0.15, -0.1) is 11.3 Å². The van der Waals surface area contributed by atoms with Crippen molar-refractivity contribution >= 4 is 70.4 Å². The standard InChI is InChI=1S/C60H40N2S/c1-3-18-42(19-4-1)46-22-7-8-23-47(46)48-24-9-10-25-49(48)50-26-11-14-30-55(50)61(57-32-17-29-54-53-28-13-16-33-59(53)63-60(54)57)45-37-34-41(35-38-45)43-36-39-52-51-27-12-15-31-56(51)62(58(52)40-43)44-20-5-2-6-21-44/h1-40H. The van der Waals surface area contributed by atoms with Gasteiger partial charge >= 0.3 is 0 Å². The summed E-state index contributed by atoms with van der Waals surface area (Å²) in [6, 6.07) is 88.4. The van der Waals surface area contributed by atoms with Crippen molar-refractivity contribution in [2.24, 2.45) is 0 Å². The molecule has 0 saturated carbocycles. The molecule has 0 amide bonds. The van der Waals surface area contributed by atoms with Crippen LogP contribution in [0.1, 0.15) is 0 Å². The first-order valence-corrected chi connectivity index (χ1v) is 22.3. The minimum atomic E-state index is 1.10. The van der Waals surface area contributed by atoms with Crippen LogP contribution in [0.25, 0.3) is 92.2 Å². The van der Waals surface area contributed by atoms with Crippen molar-refractivity contribution in [2.45, 2.75) is 0 Å². The largest absolute Gasteiger partial charge is 0.309 e. The highest BCUT2D eigenvalue weighted by Gasteiger charge is 2.23. The Kier molecular flexibility index (Phi) is 9.06. The van der Waals surface area contributed by atoms with E-state index < -0.39 is 0 Å². The van der Waals surface area contributed by atoms with Crippen molar-refractivity contribution in [3.8, 4) is 50.2 Å². The number of benzene rings is 10. The van der Waals surface area contributed by atoms with Gasteiger partial charge in [0.2, 0.25) is 0 Å². The van der Waals surface area contributed by atoms with Crippen molar-refractivity contribution < 1.29 is 0 Å². The number of nitrogens with zero attached hydrogens (tertiary/aromatic N) is 2. The van der Waals surface area contributed by atoms with E-state index >= 15 is 0 Å². The number of para-hydroxylation sites is 3.